The molecule has 0 radical (unpaired) electrons. The predicted octanol–water partition coefficient (Wildman–Crippen LogP) is 3.83. The van der Waals surface area contributed by atoms with E-state index in [9.17, 15) is 0 Å². The minimum Gasteiger partial charge on any atom is -0.491 e. The van der Waals surface area contributed by atoms with Crippen LogP contribution in [0, 0.1) is 0 Å². The van der Waals surface area contributed by atoms with Crippen LogP contribution < -0.4 is 14.9 Å². The van der Waals surface area contributed by atoms with Gasteiger partial charge in [-0.25, -0.2) is 0 Å². The van der Waals surface area contributed by atoms with Crippen molar-refractivity contribution in [3.63, 3.8) is 0 Å². The lowest BCUT2D eigenvalue weighted by molar-refractivity contribution is 0.00578. The standard InChI is InChI=1S/C17H26BClO4/c1-7-8-9-21-14-11-12(10-13(19)15(14)20-6)18-22-16(2,3)17(4,5)23-18/h10-11H,7-9H2,1-6H3. The number of hydrogen-bond acceptors (Lipinski definition) is 4. The fourth-order valence-electron chi connectivity index (χ4n) is 2.34. The molecule has 4 nitrogen and oxygen atoms in total. The SMILES string of the molecule is CCCCOc1cc(B2OC(C)(C)C(C)(C)O2)cc(Cl)c1OC. The van der Waals surface area contributed by atoms with Crippen molar-refractivity contribution in [1.29, 1.82) is 0 Å². The second kappa shape index (κ2) is 6.92. The van der Waals surface area contributed by atoms with E-state index in [1.165, 1.54) is 0 Å². The van der Waals surface area contributed by atoms with E-state index in [0.29, 0.717) is 23.1 Å². The largest absolute Gasteiger partial charge is 0.495 e. The fourth-order valence-corrected chi connectivity index (χ4v) is 2.63. The van der Waals surface area contributed by atoms with E-state index in [-0.39, 0.29) is 0 Å². The van der Waals surface area contributed by atoms with Gasteiger partial charge in [0.15, 0.2) is 11.5 Å². The molecule has 0 unspecified atom stereocenters. The fraction of sp³-hybridized carbons (Fsp3) is 0.647. The van der Waals surface area contributed by atoms with E-state index in [1.807, 2.05) is 39.8 Å². The summed E-state index contributed by atoms with van der Waals surface area (Å²) < 4.78 is 23.4. The molecule has 0 bridgehead atoms. The first-order valence-electron chi connectivity index (χ1n) is 8.07. The Hall–Kier alpha value is -0.905. The van der Waals surface area contributed by atoms with Gasteiger partial charge in [-0.05, 0) is 51.7 Å². The molecule has 1 saturated heterocycles. The van der Waals surface area contributed by atoms with Crippen molar-refractivity contribution in [3.05, 3.63) is 17.2 Å². The second-order valence-electron chi connectivity index (χ2n) is 6.82. The topological polar surface area (TPSA) is 36.9 Å². The molecule has 23 heavy (non-hydrogen) atoms. The summed E-state index contributed by atoms with van der Waals surface area (Å²) in [5, 5.41) is 0.492. The Morgan fingerprint density at radius 3 is 2.26 bits per heavy atom. The molecule has 1 aliphatic heterocycles. The van der Waals surface area contributed by atoms with Gasteiger partial charge in [-0.2, -0.15) is 0 Å². The van der Waals surface area contributed by atoms with Crippen molar-refractivity contribution in [1.82, 2.24) is 0 Å². The van der Waals surface area contributed by atoms with Gasteiger partial charge in [-0.1, -0.05) is 24.9 Å². The van der Waals surface area contributed by atoms with E-state index >= 15 is 0 Å². The summed E-state index contributed by atoms with van der Waals surface area (Å²) >= 11 is 6.35. The van der Waals surface area contributed by atoms with Crippen molar-refractivity contribution in [2.45, 2.75) is 58.7 Å². The average molecular weight is 341 g/mol. The van der Waals surface area contributed by atoms with Crippen molar-refractivity contribution >= 4 is 24.2 Å². The number of ether oxygens (including phenoxy) is 2. The van der Waals surface area contributed by atoms with Crippen LogP contribution in [0.15, 0.2) is 12.1 Å². The first-order chi connectivity index (χ1) is 10.7. The molecule has 0 spiro atoms. The van der Waals surface area contributed by atoms with Gasteiger partial charge in [0.2, 0.25) is 0 Å². The second-order valence-corrected chi connectivity index (χ2v) is 7.23. The van der Waals surface area contributed by atoms with Crippen molar-refractivity contribution in [3.8, 4) is 11.5 Å². The maximum atomic E-state index is 6.35. The third-order valence-electron chi connectivity index (χ3n) is 4.52. The lowest BCUT2D eigenvalue weighted by atomic mass is 9.79. The minimum atomic E-state index is -0.475. The quantitative estimate of drug-likeness (QED) is 0.582. The highest BCUT2D eigenvalue weighted by Gasteiger charge is 2.52. The van der Waals surface area contributed by atoms with Gasteiger partial charge in [0.05, 0.1) is 29.9 Å². The first-order valence-corrected chi connectivity index (χ1v) is 8.45. The van der Waals surface area contributed by atoms with Crippen LogP contribution in [0.4, 0.5) is 0 Å². The number of rotatable bonds is 6. The van der Waals surface area contributed by atoms with Crippen LogP contribution in [-0.4, -0.2) is 32.0 Å². The summed E-state index contributed by atoms with van der Waals surface area (Å²) in [6.07, 6.45) is 2.04. The van der Waals surface area contributed by atoms with E-state index in [2.05, 4.69) is 6.92 Å². The summed E-state index contributed by atoms with van der Waals surface area (Å²) in [5.74, 6) is 1.17. The number of hydrogen-bond donors (Lipinski definition) is 0. The molecule has 1 heterocycles. The molecule has 0 aliphatic carbocycles. The monoisotopic (exact) mass is 340 g/mol. The van der Waals surface area contributed by atoms with Crippen LogP contribution in [-0.2, 0) is 9.31 Å². The third-order valence-corrected chi connectivity index (χ3v) is 4.80. The maximum Gasteiger partial charge on any atom is 0.495 e. The van der Waals surface area contributed by atoms with Gasteiger partial charge in [0.1, 0.15) is 0 Å². The van der Waals surface area contributed by atoms with Gasteiger partial charge in [0, 0.05) is 0 Å². The normalized spacial score (nSPS) is 19.0. The number of halogens is 1. The smallest absolute Gasteiger partial charge is 0.491 e. The molecule has 1 aromatic carbocycles. The molecule has 0 N–H and O–H groups in total. The molecule has 1 aliphatic rings. The minimum absolute atomic E-state index is 0.396. The van der Waals surface area contributed by atoms with E-state index in [1.54, 1.807) is 7.11 Å². The van der Waals surface area contributed by atoms with Gasteiger partial charge in [-0.3, -0.25) is 0 Å². The number of benzene rings is 1. The Kier molecular flexibility index (Phi) is 5.54. The van der Waals surface area contributed by atoms with Crippen molar-refractivity contribution in [2.24, 2.45) is 0 Å². The molecule has 0 aromatic heterocycles. The van der Waals surface area contributed by atoms with Crippen LogP contribution in [0.1, 0.15) is 47.5 Å². The molecular formula is C17H26BClO4. The number of unbranched alkanes of at least 4 members (excludes halogenated alkanes) is 1. The molecule has 1 aromatic rings. The highest BCUT2D eigenvalue weighted by atomic mass is 35.5. The van der Waals surface area contributed by atoms with Gasteiger partial charge >= 0.3 is 7.12 Å². The molecule has 1 fully saturated rings. The van der Waals surface area contributed by atoms with Crippen LogP contribution in [0.25, 0.3) is 0 Å². The molecule has 6 heteroatoms. The molecule has 0 atom stereocenters. The average Bonchev–Trinajstić information content (AvgIpc) is 2.67. The van der Waals surface area contributed by atoms with Gasteiger partial charge in [-0.15, -0.1) is 0 Å². The van der Waals surface area contributed by atoms with E-state index < -0.39 is 18.3 Å². The summed E-state index contributed by atoms with van der Waals surface area (Å²) in [4.78, 5) is 0. The molecular weight excluding hydrogens is 314 g/mol. The van der Waals surface area contributed by atoms with Gasteiger partial charge in [0.25, 0.3) is 0 Å². The van der Waals surface area contributed by atoms with E-state index in [0.717, 1.165) is 18.3 Å². The Labute approximate surface area is 144 Å². The molecule has 0 saturated carbocycles. The summed E-state index contributed by atoms with van der Waals surface area (Å²) in [5.41, 5.74) is 0.0431. The first kappa shape index (κ1) is 18.4. The zero-order valence-corrected chi connectivity index (χ0v) is 15.6. The van der Waals surface area contributed by atoms with Crippen molar-refractivity contribution in [2.75, 3.05) is 13.7 Å². The Bertz CT molecular complexity index is 544. The van der Waals surface area contributed by atoms with Crippen LogP contribution in [0.5, 0.6) is 11.5 Å². The Balaban J connectivity index is 2.30. The lowest BCUT2D eigenvalue weighted by Crippen LogP contribution is -2.41. The van der Waals surface area contributed by atoms with Gasteiger partial charge < -0.3 is 18.8 Å². The summed E-state index contributed by atoms with van der Waals surface area (Å²) in [7, 11) is 1.11. The third kappa shape index (κ3) is 3.78. The number of methoxy groups -OCH3 is 1. The summed E-state index contributed by atoms with van der Waals surface area (Å²) in [6.45, 7) is 10.8. The molecule has 0 amide bonds. The van der Waals surface area contributed by atoms with Crippen LogP contribution in [0.2, 0.25) is 5.02 Å². The molecule has 128 valence electrons. The lowest BCUT2D eigenvalue weighted by Gasteiger charge is -2.32. The highest BCUT2D eigenvalue weighted by molar-refractivity contribution is 6.62. The Morgan fingerprint density at radius 1 is 1.13 bits per heavy atom. The highest BCUT2D eigenvalue weighted by Crippen LogP contribution is 2.39. The zero-order valence-electron chi connectivity index (χ0n) is 14.9. The Morgan fingerprint density at radius 2 is 1.74 bits per heavy atom. The van der Waals surface area contributed by atoms with Crippen molar-refractivity contribution < 1.29 is 18.8 Å². The maximum absolute atomic E-state index is 6.35. The zero-order chi connectivity index (χ0) is 17.3. The predicted molar refractivity (Wildman–Crippen MR) is 94.1 cm³/mol. The molecule has 2 rings (SSSR count). The van der Waals surface area contributed by atoms with E-state index in [4.69, 9.17) is 30.4 Å². The van der Waals surface area contributed by atoms with Crippen LogP contribution >= 0.6 is 11.6 Å². The van der Waals surface area contributed by atoms with Crippen LogP contribution in [0.3, 0.4) is 0 Å². The summed E-state index contributed by atoms with van der Waals surface area (Å²) in [6, 6.07) is 3.71.